The van der Waals surface area contributed by atoms with Gasteiger partial charge in [-0.1, -0.05) is 24.3 Å². The monoisotopic (exact) mass is 503 g/mol. The molecule has 8 nitrogen and oxygen atoms in total. The van der Waals surface area contributed by atoms with Gasteiger partial charge in [0.05, 0.1) is 29.5 Å². The van der Waals surface area contributed by atoms with Crippen molar-refractivity contribution in [2.24, 2.45) is 0 Å². The number of halogens is 2. The summed E-state index contributed by atoms with van der Waals surface area (Å²) in [4.78, 5) is 43.1. The topological polar surface area (TPSA) is 102 Å². The zero-order valence-electron chi connectivity index (χ0n) is 15.3. The van der Waals surface area contributed by atoms with E-state index in [1.54, 1.807) is 0 Å². The van der Waals surface area contributed by atoms with Gasteiger partial charge >= 0.3 is 6.09 Å². The Morgan fingerprint density at radius 2 is 2.28 bits per heavy atom. The fourth-order valence-electron chi connectivity index (χ4n) is 3.27. The number of hydrogen-bond donors (Lipinski definition) is 1. The minimum Gasteiger partial charge on any atom is -0.445 e. The van der Waals surface area contributed by atoms with Crippen LogP contribution in [0.1, 0.15) is 19.3 Å². The lowest BCUT2D eigenvalue weighted by atomic mass is 9.95. The minimum atomic E-state index is -0.839. The summed E-state index contributed by atoms with van der Waals surface area (Å²) in [6.07, 6.45) is 2.31. The molecule has 1 N–H and O–H groups in total. The van der Waals surface area contributed by atoms with E-state index in [0.717, 1.165) is 11.3 Å². The van der Waals surface area contributed by atoms with E-state index < -0.39 is 18.2 Å². The molecule has 0 aromatic carbocycles. The lowest BCUT2D eigenvalue weighted by Gasteiger charge is -2.37. The largest absolute Gasteiger partial charge is 0.445 e. The summed E-state index contributed by atoms with van der Waals surface area (Å²) < 4.78 is 7.57. The van der Waals surface area contributed by atoms with Crippen molar-refractivity contribution in [1.29, 1.82) is 0 Å². The molecule has 0 aliphatic carbocycles. The number of aliphatic hydroxyl groups is 1. The van der Waals surface area contributed by atoms with Gasteiger partial charge in [-0.15, -0.1) is 11.3 Å². The van der Waals surface area contributed by atoms with Crippen molar-refractivity contribution in [3.05, 3.63) is 38.1 Å². The SMILES string of the molecule is C=CCOC(=O)N1CCC[C@@H](O)[C@@H]1CC(=O)Cn1cnc2c(Br)c(Cl)sc2c1=O. The number of Topliss-reactive ketones (excluding diaryl/α,β-unsaturated/α-hetero) is 1. The van der Waals surface area contributed by atoms with Crippen molar-refractivity contribution in [2.45, 2.75) is 38.0 Å². The van der Waals surface area contributed by atoms with Crippen molar-refractivity contribution < 1.29 is 19.4 Å². The number of carbonyl (C=O) groups is 2. The van der Waals surface area contributed by atoms with Crippen LogP contribution in [0.4, 0.5) is 4.79 Å². The van der Waals surface area contributed by atoms with Gasteiger partial charge in [0.1, 0.15) is 21.2 Å². The standard InChI is InChI=1S/C18H19BrClN3O5S/c1-2-6-28-18(27)23-5-3-4-12(25)11(23)7-10(24)8-22-9-21-14-13(19)16(20)29-15(14)17(22)26/h2,9,11-12,25H,1,3-8H2/t11-,12+/m0/s1. The maximum Gasteiger partial charge on any atom is 0.410 e. The quantitative estimate of drug-likeness (QED) is 0.607. The van der Waals surface area contributed by atoms with E-state index in [9.17, 15) is 19.5 Å². The predicted molar refractivity (Wildman–Crippen MR) is 113 cm³/mol. The number of nitrogens with zero attached hydrogens (tertiary/aromatic N) is 3. The summed E-state index contributed by atoms with van der Waals surface area (Å²) >= 11 is 10.4. The molecule has 156 valence electrons. The molecule has 3 rings (SSSR count). The molecule has 0 unspecified atom stereocenters. The average molecular weight is 505 g/mol. The molecule has 1 fully saturated rings. The van der Waals surface area contributed by atoms with Gasteiger partial charge in [-0.2, -0.15) is 0 Å². The van der Waals surface area contributed by atoms with Crippen molar-refractivity contribution in [3.8, 4) is 0 Å². The number of aromatic nitrogens is 2. The van der Waals surface area contributed by atoms with E-state index in [4.69, 9.17) is 16.3 Å². The predicted octanol–water partition coefficient (Wildman–Crippen LogP) is 2.98. The Balaban J connectivity index is 1.75. The molecular weight excluding hydrogens is 486 g/mol. The molecule has 0 saturated carbocycles. The lowest BCUT2D eigenvalue weighted by Crippen LogP contribution is -2.52. The van der Waals surface area contributed by atoms with Crippen LogP contribution in [-0.2, 0) is 16.1 Å². The van der Waals surface area contributed by atoms with Crippen LogP contribution in [0.25, 0.3) is 10.2 Å². The van der Waals surface area contributed by atoms with Gasteiger partial charge in [0.15, 0.2) is 5.78 Å². The fourth-order valence-corrected chi connectivity index (χ4v) is 5.09. The molecule has 1 aliphatic heterocycles. The van der Waals surface area contributed by atoms with Gasteiger partial charge in [0.25, 0.3) is 5.56 Å². The van der Waals surface area contributed by atoms with Crippen molar-refractivity contribution in [1.82, 2.24) is 14.5 Å². The van der Waals surface area contributed by atoms with Crippen molar-refractivity contribution >= 4 is 61.0 Å². The van der Waals surface area contributed by atoms with Crippen LogP contribution in [0, 0.1) is 0 Å². The fraction of sp³-hybridized carbons (Fsp3) is 0.444. The van der Waals surface area contributed by atoms with Crippen LogP contribution in [0.2, 0.25) is 4.34 Å². The molecule has 2 aromatic rings. The Morgan fingerprint density at radius 1 is 1.52 bits per heavy atom. The minimum absolute atomic E-state index is 0.0477. The van der Waals surface area contributed by atoms with Gasteiger partial charge in [0.2, 0.25) is 0 Å². The summed E-state index contributed by atoms with van der Waals surface area (Å²) in [6, 6.07) is -0.703. The summed E-state index contributed by atoms with van der Waals surface area (Å²) in [7, 11) is 0. The van der Waals surface area contributed by atoms with E-state index in [0.29, 0.717) is 38.4 Å². The van der Waals surface area contributed by atoms with E-state index in [2.05, 4.69) is 27.5 Å². The number of ether oxygens (including phenoxy) is 1. The molecular formula is C18H19BrClN3O5S. The Morgan fingerprint density at radius 3 is 3.00 bits per heavy atom. The maximum atomic E-state index is 12.6. The second kappa shape index (κ2) is 9.38. The molecule has 3 heterocycles. The number of ketones is 1. The Labute approximate surface area is 183 Å². The highest BCUT2D eigenvalue weighted by atomic mass is 79.9. The zero-order valence-corrected chi connectivity index (χ0v) is 18.5. The molecule has 1 aliphatic rings. The Bertz CT molecular complexity index is 1010. The number of carbonyl (C=O) groups excluding carboxylic acids is 2. The van der Waals surface area contributed by atoms with Crippen LogP contribution >= 0.6 is 38.9 Å². The van der Waals surface area contributed by atoms with Crippen LogP contribution in [0.5, 0.6) is 0 Å². The molecule has 0 bridgehead atoms. The van der Waals surface area contributed by atoms with Crippen LogP contribution < -0.4 is 5.56 Å². The first-order valence-electron chi connectivity index (χ1n) is 8.90. The number of piperidine rings is 1. The molecule has 1 saturated heterocycles. The normalized spacial score (nSPS) is 19.3. The van der Waals surface area contributed by atoms with E-state index >= 15 is 0 Å². The van der Waals surface area contributed by atoms with Crippen LogP contribution in [0.3, 0.4) is 0 Å². The summed E-state index contributed by atoms with van der Waals surface area (Å²) in [5.74, 6) is -0.303. The number of aliphatic hydroxyl groups excluding tert-OH is 1. The van der Waals surface area contributed by atoms with E-state index in [1.165, 1.54) is 21.9 Å². The number of fused-ring (bicyclic) bond motifs is 1. The molecule has 2 atom stereocenters. The molecule has 11 heteroatoms. The number of thiophene rings is 1. The van der Waals surface area contributed by atoms with Crippen LogP contribution in [0.15, 0.2) is 28.2 Å². The van der Waals surface area contributed by atoms with Gasteiger partial charge in [-0.05, 0) is 28.8 Å². The molecule has 2 aromatic heterocycles. The molecule has 1 amide bonds. The number of amides is 1. The van der Waals surface area contributed by atoms with Gasteiger partial charge < -0.3 is 14.7 Å². The van der Waals surface area contributed by atoms with E-state index in [-0.39, 0.29) is 30.9 Å². The third kappa shape index (κ3) is 4.71. The Kier molecular flexibility index (Phi) is 7.10. The average Bonchev–Trinajstić information content (AvgIpc) is 2.98. The highest BCUT2D eigenvalue weighted by Gasteiger charge is 2.35. The summed E-state index contributed by atoms with van der Waals surface area (Å²) in [6.45, 7) is 3.72. The van der Waals surface area contributed by atoms with Crippen molar-refractivity contribution in [2.75, 3.05) is 13.2 Å². The first kappa shape index (κ1) is 21.9. The second-order valence-corrected chi connectivity index (χ2v) is 9.04. The van der Waals surface area contributed by atoms with Crippen molar-refractivity contribution in [3.63, 3.8) is 0 Å². The number of hydrogen-bond acceptors (Lipinski definition) is 7. The zero-order chi connectivity index (χ0) is 21.1. The summed E-state index contributed by atoms with van der Waals surface area (Å²) in [5, 5.41) is 10.3. The molecule has 0 spiro atoms. The van der Waals surface area contributed by atoms with Gasteiger partial charge in [0, 0.05) is 13.0 Å². The third-order valence-corrected chi connectivity index (χ3v) is 7.29. The highest BCUT2D eigenvalue weighted by molar-refractivity contribution is 9.10. The third-order valence-electron chi connectivity index (χ3n) is 4.65. The van der Waals surface area contributed by atoms with Crippen LogP contribution in [-0.4, -0.2) is 56.7 Å². The first-order valence-corrected chi connectivity index (χ1v) is 10.9. The lowest BCUT2D eigenvalue weighted by molar-refractivity contribution is -0.122. The van der Waals surface area contributed by atoms with Gasteiger partial charge in [-0.25, -0.2) is 9.78 Å². The van der Waals surface area contributed by atoms with Gasteiger partial charge in [-0.3, -0.25) is 14.2 Å². The summed E-state index contributed by atoms with van der Waals surface area (Å²) in [5.41, 5.74) is 0.0833. The Hall–Kier alpha value is -1.75. The number of likely N-dealkylation sites (tertiary alicyclic amines) is 1. The maximum absolute atomic E-state index is 12.6. The smallest absolute Gasteiger partial charge is 0.410 e. The van der Waals surface area contributed by atoms with E-state index in [1.807, 2.05) is 0 Å². The number of rotatable bonds is 6. The first-order chi connectivity index (χ1) is 13.8. The highest BCUT2D eigenvalue weighted by Crippen LogP contribution is 2.36. The molecule has 0 radical (unpaired) electrons. The molecule has 29 heavy (non-hydrogen) atoms. The second-order valence-electron chi connectivity index (χ2n) is 6.62.